The number of aliphatic hydroxyl groups excluding tert-OH is 1. The predicted molar refractivity (Wildman–Crippen MR) is 142 cm³/mol. The lowest BCUT2D eigenvalue weighted by atomic mass is 9.99. The molecule has 11 heteroatoms. The molecule has 38 heavy (non-hydrogen) atoms. The molecular formula is C27H36N4O6S. The molecule has 0 saturated heterocycles. The number of H-pyrrole nitrogens is 1. The van der Waals surface area contributed by atoms with Crippen LogP contribution in [0.1, 0.15) is 57.6 Å². The maximum atomic E-state index is 13.8. The number of ether oxygens (including phenoxy) is 1. The Bertz CT molecular complexity index is 1320. The number of aromatic amines is 1. The second-order valence-electron chi connectivity index (χ2n) is 10.1. The fourth-order valence-corrected chi connectivity index (χ4v) is 5.60. The first-order valence-electron chi connectivity index (χ1n) is 12.7. The molecule has 3 rings (SSSR count). The number of sulfonamides is 1. The number of pyridine rings is 1. The average molecular weight is 545 g/mol. The molecule has 1 atom stereocenters. The monoisotopic (exact) mass is 544 g/mol. The van der Waals surface area contributed by atoms with Gasteiger partial charge in [0.25, 0.3) is 10.0 Å². The number of imidazole rings is 1. The molecule has 0 aliphatic carbocycles. The number of carbonyl (C=O) groups is 2. The zero-order chi connectivity index (χ0) is 28.0. The molecule has 2 N–H and O–H groups in total. The minimum atomic E-state index is -4.45. The van der Waals surface area contributed by atoms with Crippen LogP contribution in [0, 0.1) is 18.8 Å². The number of fused-ring (bicyclic) bond motifs is 1. The average Bonchev–Trinajstić information content (AvgIpc) is 3.23. The highest BCUT2D eigenvalue weighted by molar-refractivity contribution is 7.89. The third-order valence-electron chi connectivity index (χ3n) is 5.87. The number of Topliss-reactive ketones (excluding diaryl/α,β-unsaturated/α-hetero) is 1. The number of rotatable bonds is 12. The van der Waals surface area contributed by atoms with Crippen LogP contribution >= 0.6 is 0 Å². The van der Waals surface area contributed by atoms with Crippen LogP contribution in [-0.4, -0.2) is 63.9 Å². The fraction of sp³-hybridized carbons (Fsp3) is 0.481. The summed E-state index contributed by atoms with van der Waals surface area (Å²) in [7, 11) is -4.45. The third-order valence-corrected chi connectivity index (χ3v) is 7.66. The molecule has 1 amide bonds. The number of carbonyl (C=O) groups excluding carboxylic acids is 2. The first-order valence-corrected chi connectivity index (χ1v) is 14.1. The van der Waals surface area contributed by atoms with Crippen LogP contribution < -0.4 is 0 Å². The number of aryl methyl sites for hydroxylation is 1. The van der Waals surface area contributed by atoms with E-state index in [2.05, 4.69) is 15.0 Å². The second-order valence-corrected chi connectivity index (χ2v) is 12.0. The molecule has 1 aromatic carbocycles. The van der Waals surface area contributed by atoms with Crippen LogP contribution in [0.4, 0.5) is 4.79 Å². The van der Waals surface area contributed by atoms with Crippen LogP contribution in [0.2, 0.25) is 0 Å². The van der Waals surface area contributed by atoms with Gasteiger partial charge in [-0.25, -0.2) is 23.2 Å². The highest BCUT2D eigenvalue weighted by Gasteiger charge is 2.40. The van der Waals surface area contributed by atoms with Crippen LogP contribution in [0.3, 0.4) is 0 Å². The van der Waals surface area contributed by atoms with Gasteiger partial charge in [0.15, 0.2) is 5.78 Å². The van der Waals surface area contributed by atoms with E-state index in [4.69, 9.17) is 4.74 Å². The van der Waals surface area contributed by atoms with Crippen molar-refractivity contribution in [3.05, 3.63) is 53.6 Å². The van der Waals surface area contributed by atoms with Crippen molar-refractivity contribution in [3.63, 3.8) is 0 Å². The highest BCUT2D eigenvalue weighted by atomic mass is 32.2. The van der Waals surface area contributed by atoms with E-state index in [0.717, 1.165) is 22.6 Å². The SMILES string of the molecule is Cc1nc2cc[nH]c(Cc3ccc(S(=O)(=O)N(C(=O)OCC(C)C)[C@@H](CC(C)C)C(=O)CCO)cc3)c-2n1. The molecule has 0 saturated carbocycles. The Balaban J connectivity index is 1.95. The minimum Gasteiger partial charge on any atom is -0.448 e. The van der Waals surface area contributed by atoms with Crippen molar-refractivity contribution >= 4 is 21.9 Å². The number of ketones is 1. The zero-order valence-electron chi connectivity index (χ0n) is 22.5. The van der Waals surface area contributed by atoms with E-state index in [1.54, 1.807) is 18.3 Å². The van der Waals surface area contributed by atoms with Crippen molar-refractivity contribution in [1.29, 1.82) is 0 Å². The molecule has 0 radical (unpaired) electrons. The molecule has 0 spiro atoms. The van der Waals surface area contributed by atoms with E-state index in [1.807, 2.05) is 40.7 Å². The maximum Gasteiger partial charge on any atom is 0.424 e. The van der Waals surface area contributed by atoms with Gasteiger partial charge in [0, 0.05) is 24.7 Å². The summed E-state index contributed by atoms with van der Waals surface area (Å²) in [4.78, 5) is 37.9. The number of benzene rings is 1. The molecule has 2 aliphatic heterocycles. The van der Waals surface area contributed by atoms with Crippen molar-refractivity contribution in [3.8, 4) is 11.4 Å². The van der Waals surface area contributed by atoms with E-state index in [-0.39, 0.29) is 36.2 Å². The van der Waals surface area contributed by atoms with Gasteiger partial charge in [-0.2, -0.15) is 4.31 Å². The largest absolute Gasteiger partial charge is 0.448 e. The van der Waals surface area contributed by atoms with Gasteiger partial charge in [-0.3, -0.25) is 4.79 Å². The molecule has 0 aromatic heterocycles. The number of aliphatic hydroxyl groups is 1. The van der Waals surface area contributed by atoms with E-state index >= 15 is 0 Å². The van der Waals surface area contributed by atoms with Gasteiger partial charge in [0.2, 0.25) is 0 Å². The predicted octanol–water partition coefficient (Wildman–Crippen LogP) is 3.96. The Morgan fingerprint density at radius 1 is 1.05 bits per heavy atom. The Hall–Kier alpha value is -3.31. The van der Waals surface area contributed by atoms with Crippen LogP contribution in [0.5, 0.6) is 0 Å². The number of aromatic nitrogens is 3. The summed E-state index contributed by atoms with van der Waals surface area (Å²) in [6.45, 7) is 8.68. The van der Waals surface area contributed by atoms with Crippen LogP contribution in [0.25, 0.3) is 11.4 Å². The number of amides is 1. The molecule has 0 unspecified atom stereocenters. The standard InChI is InChI=1S/C27H36N4O6S/c1-17(2)14-24(25(33)11-13-32)31(27(34)37-16-18(3)4)38(35,36)21-8-6-20(7-9-21)15-23-26-22(10-12-28-23)29-19(5)30-26/h6-10,12,17-18,24,28,32H,11,13-16H2,1-5H3/t24-/m0/s1. The van der Waals surface area contributed by atoms with Gasteiger partial charge in [-0.1, -0.05) is 39.8 Å². The highest BCUT2D eigenvalue weighted by Crippen LogP contribution is 2.27. The summed E-state index contributed by atoms with van der Waals surface area (Å²) in [5.74, 6) is -0.00445. The normalized spacial score (nSPS) is 12.7. The number of hydrogen-bond acceptors (Lipinski definition) is 8. The molecule has 1 aromatic rings. The van der Waals surface area contributed by atoms with E-state index < -0.39 is 34.5 Å². The Morgan fingerprint density at radius 2 is 1.74 bits per heavy atom. The molecular weight excluding hydrogens is 508 g/mol. The Morgan fingerprint density at radius 3 is 2.34 bits per heavy atom. The summed E-state index contributed by atoms with van der Waals surface area (Å²) < 4.78 is 33.4. The Labute approximate surface area is 223 Å². The van der Waals surface area contributed by atoms with E-state index in [9.17, 15) is 23.1 Å². The minimum absolute atomic E-state index is 0.00147. The molecule has 10 nitrogen and oxygen atoms in total. The quantitative estimate of drug-likeness (QED) is 0.349. The molecule has 0 bridgehead atoms. The number of hydrogen-bond donors (Lipinski definition) is 2. The van der Waals surface area contributed by atoms with Gasteiger partial charge in [-0.15, -0.1) is 0 Å². The first-order chi connectivity index (χ1) is 17.9. The van der Waals surface area contributed by atoms with E-state index in [0.29, 0.717) is 16.6 Å². The second kappa shape index (κ2) is 12.5. The summed E-state index contributed by atoms with van der Waals surface area (Å²) in [5.41, 5.74) is 3.18. The van der Waals surface area contributed by atoms with Crippen molar-refractivity contribution in [1.82, 2.24) is 19.3 Å². The lowest BCUT2D eigenvalue weighted by Crippen LogP contribution is -2.49. The summed E-state index contributed by atoms with van der Waals surface area (Å²) in [6.07, 6.45) is 0.967. The van der Waals surface area contributed by atoms with Gasteiger partial charge in [0.05, 0.1) is 23.8 Å². The number of nitrogens with zero attached hydrogens (tertiary/aromatic N) is 3. The molecule has 206 valence electrons. The fourth-order valence-electron chi connectivity index (χ4n) is 4.11. The van der Waals surface area contributed by atoms with Gasteiger partial charge < -0.3 is 14.8 Å². The van der Waals surface area contributed by atoms with Crippen molar-refractivity contribution in [2.24, 2.45) is 11.8 Å². The van der Waals surface area contributed by atoms with Crippen LogP contribution in [-0.2, 0) is 26.0 Å². The van der Waals surface area contributed by atoms with E-state index in [1.165, 1.54) is 12.1 Å². The molecule has 0 fully saturated rings. The summed E-state index contributed by atoms with van der Waals surface area (Å²) in [5, 5.41) is 9.34. The maximum absolute atomic E-state index is 13.8. The van der Waals surface area contributed by atoms with Crippen molar-refractivity contribution < 1.29 is 27.9 Å². The summed E-state index contributed by atoms with van der Waals surface area (Å²) in [6, 6.07) is 6.70. The smallest absolute Gasteiger partial charge is 0.424 e. The van der Waals surface area contributed by atoms with Crippen LogP contribution in [0.15, 0.2) is 41.4 Å². The van der Waals surface area contributed by atoms with Gasteiger partial charge in [-0.05, 0) is 48.9 Å². The number of nitrogens with one attached hydrogen (secondary N) is 1. The van der Waals surface area contributed by atoms with Gasteiger partial charge in [0.1, 0.15) is 17.6 Å². The zero-order valence-corrected chi connectivity index (χ0v) is 23.3. The Kier molecular flexibility index (Phi) is 9.61. The third kappa shape index (κ3) is 6.96. The topological polar surface area (TPSA) is 143 Å². The van der Waals surface area contributed by atoms with Crippen molar-refractivity contribution in [2.75, 3.05) is 13.2 Å². The van der Waals surface area contributed by atoms with Gasteiger partial charge >= 0.3 is 6.09 Å². The van der Waals surface area contributed by atoms with Crippen molar-refractivity contribution in [2.45, 2.75) is 64.8 Å². The lowest BCUT2D eigenvalue weighted by Gasteiger charge is -2.30. The lowest BCUT2D eigenvalue weighted by molar-refractivity contribution is -0.123. The molecule has 2 aliphatic rings. The molecule has 2 heterocycles. The summed E-state index contributed by atoms with van der Waals surface area (Å²) >= 11 is 0. The first kappa shape index (κ1) is 29.2.